The van der Waals surface area contributed by atoms with Crippen LogP contribution < -0.4 is 10.6 Å². The molecule has 0 radical (unpaired) electrons. The molecule has 0 fully saturated rings. The molecule has 5 heteroatoms. The highest BCUT2D eigenvalue weighted by Gasteiger charge is 2.12. The molecule has 0 unspecified atom stereocenters. The van der Waals surface area contributed by atoms with Crippen molar-refractivity contribution in [2.45, 2.75) is 13.0 Å². The molecule has 1 aliphatic heterocycles. The summed E-state index contributed by atoms with van der Waals surface area (Å²) in [5, 5.41) is 7.16. The maximum absolute atomic E-state index is 5.77. The normalized spacial score (nSPS) is 14.1. The van der Waals surface area contributed by atoms with Crippen molar-refractivity contribution in [1.82, 2.24) is 15.3 Å². The van der Waals surface area contributed by atoms with E-state index in [1.54, 1.807) is 12.4 Å². The summed E-state index contributed by atoms with van der Waals surface area (Å²) in [5.41, 5.74) is 3.76. The van der Waals surface area contributed by atoms with Crippen LogP contribution in [0.5, 0.6) is 0 Å². The van der Waals surface area contributed by atoms with Gasteiger partial charge in [0.1, 0.15) is 0 Å². The number of nitrogens with one attached hydrogen (secondary N) is 2. The van der Waals surface area contributed by atoms with Gasteiger partial charge in [-0.1, -0.05) is 23.7 Å². The molecular formula is C13H13ClN4. The van der Waals surface area contributed by atoms with E-state index < -0.39 is 0 Å². The molecule has 3 rings (SSSR count). The van der Waals surface area contributed by atoms with Crippen LogP contribution in [0.1, 0.15) is 11.1 Å². The second-order valence-corrected chi connectivity index (χ2v) is 4.66. The average Bonchev–Trinajstić information content (AvgIpc) is 2.42. The lowest BCUT2D eigenvalue weighted by Crippen LogP contribution is -2.24. The standard InChI is InChI=1S/C13H13ClN4/c14-10-7-16-13(17-8-10)18-12-3-1-2-9-6-15-5-4-11(9)12/h1-3,7-8,15H,4-6H2,(H,16,17,18). The van der Waals surface area contributed by atoms with Crippen molar-refractivity contribution in [2.24, 2.45) is 0 Å². The van der Waals surface area contributed by atoms with E-state index in [1.165, 1.54) is 11.1 Å². The van der Waals surface area contributed by atoms with Crippen molar-refractivity contribution in [3.63, 3.8) is 0 Å². The minimum Gasteiger partial charge on any atom is -0.324 e. The lowest BCUT2D eigenvalue weighted by atomic mass is 9.99. The number of nitrogens with zero attached hydrogens (tertiary/aromatic N) is 2. The van der Waals surface area contributed by atoms with Gasteiger partial charge in [0.25, 0.3) is 0 Å². The van der Waals surface area contributed by atoms with Crippen molar-refractivity contribution >= 4 is 23.2 Å². The van der Waals surface area contributed by atoms with Gasteiger partial charge in [-0.15, -0.1) is 0 Å². The first-order valence-electron chi connectivity index (χ1n) is 5.89. The molecule has 0 bridgehead atoms. The number of fused-ring (bicyclic) bond motifs is 1. The topological polar surface area (TPSA) is 49.8 Å². The fourth-order valence-electron chi connectivity index (χ4n) is 2.15. The van der Waals surface area contributed by atoms with Crippen LogP contribution in [0.25, 0.3) is 0 Å². The number of halogens is 1. The van der Waals surface area contributed by atoms with Crippen LogP contribution in [0, 0.1) is 0 Å². The van der Waals surface area contributed by atoms with Gasteiger partial charge in [0.15, 0.2) is 0 Å². The number of rotatable bonds is 2. The Morgan fingerprint density at radius 2 is 2.06 bits per heavy atom. The lowest BCUT2D eigenvalue weighted by Gasteiger charge is -2.20. The van der Waals surface area contributed by atoms with Crippen LogP contribution in [0.4, 0.5) is 11.6 Å². The summed E-state index contributed by atoms with van der Waals surface area (Å²) in [6, 6.07) is 6.25. The summed E-state index contributed by atoms with van der Waals surface area (Å²) >= 11 is 5.77. The zero-order chi connectivity index (χ0) is 12.4. The van der Waals surface area contributed by atoms with E-state index in [9.17, 15) is 0 Å². The molecular weight excluding hydrogens is 248 g/mol. The van der Waals surface area contributed by atoms with Crippen molar-refractivity contribution in [3.8, 4) is 0 Å². The maximum Gasteiger partial charge on any atom is 0.227 e. The van der Waals surface area contributed by atoms with Crippen LogP contribution in [-0.4, -0.2) is 16.5 Å². The number of anilines is 2. The predicted molar refractivity (Wildman–Crippen MR) is 72.2 cm³/mol. The number of hydrogen-bond acceptors (Lipinski definition) is 4. The molecule has 92 valence electrons. The fourth-order valence-corrected chi connectivity index (χ4v) is 2.24. The Bertz CT molecular complexity index is 553. The van der Waals surface area contributed by atoms with Crippen LogP contribution in [0.15, 0.2) is 30.6 Å². The molecule has 2 heterocycles. The highest BCUT2D eigenvalue weighted by Crippen LogP contribution is 2.25. The highest BCUT2D eigenvalue weighted by atomic mass is 35.5. The molecule has 0 amide bonds. The van der Waals surface area contributed by atoms with E-state index in [0.29, 0.717) is 11.0 Å². The zero-order valence-corrected chi connectivity index (χ0v) is 10.5. The van der Waals surface area contributed by atoms with E-state index in [4.69, 9.17) is 11.6 Å². The van der Waals surface area contributed by atoms with E-state index in [0.717, 1.165) is 25.2 Å². The van der Waals surface area contributed by atoms with Crippen molar-refractivity contribution in [1.29, 1.82) is 0 Å². The molecule has 0 saturated carbocycles. The summed E-state index contributed by atoms with van der Waals surface area (Å²) in [7, 11) is 0. The third-order valence-corrected chi connectivity index (χ3v) is 3.20. The van der Waals surface area contributed by atoms with E-state index in [-0.39, 0.29) is 0 Å². The molecule has 0 atom stereocenters. The molecule has 2 N–H and O–H groups in total. The van der Waals surface area contributed by atoms with Gasteiger partial charge in [0.2, 0.25) is 5.95 Å². The Balaban J connectivity index is 1.90. The lowest BCUT2D eigenvalue weighted by molar-refractivity contribution is 0.645. The first kappa shape index (κ1) is 11.4. The molecule has 2 aromatic rings. The van der Waals surface area contributed by atoms with Crippen LogP contribution in [0.3, 0.4) is 0 Å². The molecule has 0 spiro atoms. The summed E-state index contributed by atoms with van der Waals surface area (Å²) < 4.78 is 0. The van der Waals surface area contributed by atoms with Gasteiger partial charge in [-0.25, -0.2) is 9.97 Å². The molecule has 1 aromatic carbocycles. The number of aromatic nitrogens is 2. The van der Waals surface area contributed by atoms with E-state index >= 15 is 0 Å². The molecule has 18 heavy (non-hydrogen) atoms. The quantitative estimate of drug-likeness (QED) is 0.871. The smallest absolute Gasteiger partial charge is 0.227 e. The third-order valence-electron chi connectivity index (χ3n) is 3.01. The summed E-state index contributed by atoms with van der Waals surface area (Å²) in [4.78, 5) is 8.31. The van der Waals surface area contributed by atoms with Crippen LogP contribution in [0.2, 0.25) is 5.02 Å². The highest BCUT2D eigenvalue weighted by molar-refractivity contribution is 6.30. The first-order chi connectivity index (χ1) is 8.83. The van der Waals surface area contributed by atoms with E-state index in [2.05, 4.69) is 32.7 Å². The average molecular weight is 261 g/mol. The summed E-state index contributed by atoms with van der Waals surface area (Å²) in [6.07, 6.45) is 4.20. The molecule has 1 aromatic heterocycles. The molecule has 4 nitrogen and oxygen atoms in total. The Morgan fingerprint density at radius 3 is 2.89 bits per heavy atom. The van der Waals surface area contributed by atoms with Crippen LogP contribution in [-0.2, 0) is 13.0 Å². The Morgan fingerprint density at radius 1 is 1.22 bits per heavy atom. The van der Waals surface area contributed by atoms with Gasteiger partial charge in [-0.3, -0.25) is 0 Å². The molecule has 1 aliphatic rings. The van der Waals surface area contributed by atoms with E-state index in [1.807, 2.05) is 6.07 Å². The Labute approximate surface area is 110 Å². The largest absolute Gasteiger partial charge is 0.324 e. The predicted octanol–water partition coefficient (Wildman–Crippen LogP) is 2.52. The van der Waals surface area contributed by atoms with Crippen molar-refractivity contribution < 1.29 is 0 Å². The van der Waals surface area contributed by atoms with Gasteiger partial charge < -0.3 is 10.6 Å². The first-order valence-corrected chi connectivity index (χ1v) is 6.27. The van der Waals surface area contributed by atoms with Crippen LogP contribution >= 0.6 is 11.6 Å². The van der Waals surface area contributed by atoms with Gasteiger partial charge in [-0.2, -0.15) is 0 Å². The second kappa shape index (κ2) is 4.92. The van der Waals surface area contributed by atoms with Crippen molar-refractivity contribution in [2.75, 3.05) is 11.9 Å². The van der Waals surface area contributed by atoms with Gasteiger partial charge >= 0.3 is 0 Å². The number of benzene rings is 1. The SMILES string of the molecule is Clc1cnc(Nc2cccc3c2CCNC3)nc1. The maximum atomic E-state index is 5.77. The molecule has 0 aliphatic carbocycles. The Kier molecular flexibility index (Phi) is 3.13. The number of hydrogen-bond donors (Lipinski definition) is 2. The zero-order valence-electron chi connectivity index (χ0n) is 9.78. The Hall–Kier alpha value is -1.65. The monoisotopic (exact) mass is 260 g/mol. The summed E-state index contributed by atoms with van der Waals surface area (Å²) in [6.45, 7) is 1.93. The van der Waals surface area contributed by atoms with Gasteiger partial charge in [0.05, 0.1) is 17.4 Å². The third kappa shape index (κ3) is 2.30. The van der Waals surface area contributed by atoms with Gasteiger partial charge in [-0.05, 0) is 30.2 Å². The van der Waals surface area contributed by atoms with Gasteiger partial charge in [0, 0.05) is 12.2 Å². The fraction of sp³-hybridized carbons (Fsp3) is 0.231. The minimum absolute atomic E-state index is 0.542. The minimum atomic E-state index is 0.542. The summed E-state index contributed by atoms with van der Waals surface area (Å²) in [5.74, 6) is 0.575. The second-order valence-electron chi connectivity index (χ2n) is 4.22. The molecule has 0 saturated heterocycles. The van der Waals surface area contributed by atoms with Crippen molar-refractivity contribution in [3.05, 3.63) is 46.7 Å².